The molecule has 2 heterocycles. The first-order valence-corrected chi connectivity index (χ1v) is 11.5. The number of carbonyl (C=O) groups excluding carboxylic acids is 1. The molecule has 2 saturated heterocycles. The number of amides is 1. The van der Waals surface area contributed by atoms with Crippen molar-refractivity contribution in [2.75, 3.05) is 59.5 Å². The summed E-state index contributed by atoms with van der Waals surface area (Å²) in [6, 6.07) is 5.02. The molecule has 2 aliphatic heterocycles. The average Bonchev–Trinajstić information content (AvgIpc) is 3.07. The number of likely N-dealkylation sites (tertiary alicyclic amines) is 1. The predicted octanol–water partition coefficient (Wildman–Crippen LogP) is 2.94. The van der Waals surface area contributed by atoms with E-state index in [0.717, 1.165) is 63.6 Å². The number of ether oxygens (including phenoxy) is 1. The second kappa shape index (κ2) is 13.8. The highest BCUT2D eigenvalue weighted by Crippen LogP contribution is 2.18. The van der Waals surface area contributed by atoms with Crippen LogP contribution in [0.15, 0.2) is 23.2 Å². The molecular weight excluding hydrogens is 524 g/mol. The topological polar surface area (TPSA) is 60.4 Å². The number of nitrogens with one attached hydrogen (secondary N) is 1. The minimum absolute atomic E-state index is 0. The molecule has 1 aromatic rings. The molecule has 9 heteroatoms. The zero-order valence-corrected chi connectivity index (χ0v) is 21.6. The van der Waals surface area contributed by atoms with Crippen LogP contribution in [0.2, 0.25) is 0 Å². The Balaban J connectivity index is 0.00000363. The third-order valence-electron chi connectivity index (χ3n) is 5.95. The lowest BCUT2D eigenvalue weighted by Gasteiger charge is -2.37. The number of rotatable bonds is 6. The summed E-state index contributed by atoms with van der Waals surface area (Å²) >= 11 is 0. The van der Waals surface area contributed by atoms with Gasteiger partial charge in [-0.15, -0.1) is 24.0 Å². The molecule has 32 heavy (non-hydrogen) atoms. The molecule has 2 aliphatic rings. The summed E-state index contributed by atoms with van der Waals surface area (Å²) in [5, 5.41) is 3.32. The van der Waals surface area contributed by atoms with Crippen LogP contribution in [-0.2, 0) is 11.3 Å². The highest BCUT2D eigenvalue weighted by Gasteiger charge is 2.23. The zero-order chi connectivity index (χ0) is 22.1. The SMILES string of the molecule is CCOc1ccc(CNC(=NC)N2CCN(CC(=O)N3CCCCCC3)CC2)cc1F.I. The van der Waals surface area contributed by atoms with Crippen molar-refractivity contribution in [3.8, 4) is 5.75 Å². The third kappa shape index (κ3) is 7.75. The number of aliphatic imine (C=N–C) groups is 1. The normalized spacial score (nSPS) is 18.0. The molecular formula is C23H37FIN5O2. The molecule has 0 aliphatic carbocycles. The smallest absolute Gasteiger partial charge is 0.236 e. The summed E-state index contributed by atoms with van der Waals surface area (Å²) in [5.41, 5.74) is 0.837. The molecule has 0 unspecified atom stereocenters. The quantitative estimate of drug-likeness (QED) is 0.329. The lowest BCUT2D eigenvalue weighted by Crippen LogP contribution is -2.54. The monoisotopic (exact) mass is 561 g/mol. The van der Waals surface area contributed by atoms with Crippen LogP contribution in [0.3, 0.4) is 0 Å². The molecule has 2 fully saturated rings. The van der Waals surface area contributed by atoms with E-state index in [-0.39, 0.29) is 41.5 Å². The van der Waals surface area contributed by atoms with Crippen LogP contribution in [0.1, 0.15) is 38.2 Å². The maximum absolute atomic E-state index is 14.1. The summed E-state index contributed by atoms with van der Waals surface area (Å²) < 4.78 is 19.3. The van der Waals surface area contributed by atoms with E-state index in [9.17, 15) is 9.18 Å². The van der Waals surface area contributed by atoms with Crippen LogP contribution in [0, 0.1) is 5.82 Å². The van der Waals surface area contributed by atoms with Crippen LogP contribution < -0.4 is 10.1 Å². The second-order valence-corrected chi connectivity index (χ2v) is 8.16. The Morgan fingerprint density at radius 2 is 1.75 bits per heavy atom. The van der Waals surface area contributed by atoms with Gasteiger partial charge in [-0.1, -0.05) is 18.9 Å². The van der Waals surface area contributed by atoms with Gasteiger partial charge in [0.1, 0.15) is 0 Å². The highest BCUT2D eigenvalue weighted by atomic mass is 127. The number of carbonyl (C=O) groups is 1. The number of hydrogen-bond donors (Lipinski definition) is 1. The van der Waals surface area contributed by atoms with Crippen molar-refractivity contribution in [1.82, 2.24) is 20.0 Å². The van der Waals surface area contributed by atoms with Crippen LogP contribution in [0.25, 0.3) is 0 Å². The molecule has 7 nitrogen and oxygen atoms in total. The van der Waals surface area contributed by atoms with Gasteiger partial charge in [0.2, 0.25) is 5.91 Å². The number of nitrogens with zero attached hydrogens (tertiary/aromatic N) is 4. The van der Waals surface area contributed by atoms with Gasteiger partial charge in [0, 0.05) is 52.9 Å². The molecule has 3 rings (SSSR count). The molecule has 1 N–H and O–H groups in total. The minimum Gasteiger partial charge on any atom is -0.491 e. The fraction of sp³-hybridized carbons (Fsp3) is 0.652. The van der Waals surface area contributed by atoms with Gasteiger partial charge >= 0.3 is 0 Å². The lowest BCUT2D eigenvalue weighted by molar-refractivity contribution is -0.132. The maximum atomic E-state index is 14.1. The summed E-state index contributed by atoms with van der Waals surface area (Å²) in [4.78, 5) is 23.5. The number of halogens is 2. The van der Waals surface area contributed by atoms with Gasteiger partial charge in [0.25, 0.3) is 0 Å². The standard InChI is InChI=1S/C23H36FN5O2.HI/c1-3-31-21-9-8-19(16-20(21)24)17-26-23(25-2)29-14-12-27(13-15-29)18-22(30)28-10-6-4-5-7-11-28;/h8-9,16H,3-7,10-15,17-18H2,1-2H3,(H,25,26);1H. The van der Waals surface area contributed by atoms with Gasteiger partial charge in [0.15, 0.2) is 17.5 Å². The third-order valence-corrected chi connectivity index (χ3v) is 5.95. The van der Waals surface area contributed by atoms with Crippen molar-refractivity contribution in [2.24, 2.45) is 4.99 Å². The predicted molar refractivity (Wildman–Crippen MR) is 136 cm³/mol. The van der Waals surface area contributed by atoms with Gasteiger partial charge in [-0.3, -0.25) is 14.7 Å². The zero-order valence-electron chi connectivity index (χ0n) is 19.3. The van der Waals surface area contributed by atoms with E-state index in [1.165, 1.54) is 18.9 Å². The summed E-state index contributed by atoms with van der Waals surface area (Å²) in [6.07, 6.45) is 4.72. The van der Waals surface area contributed by atoms with Crippen LogP contribution in [0.5, 0.6) is 5.75 Å². The van der Waals surface area contributed by atoms with E-state index in [4.69, 9.17) is 4.74 Å². The Kier molecular flexibility index (Phi) is 11.5. The molecule has 0 spiro atoms. The number of guanidine groups is 1. The van der Waals surface area contributed by atoms with E-state index in [2.05, 4.69) is 20.1 Å². The molecule has 0 aromatic heterocycles. The molecule has 0 saturated carbocycles. The van der Waals surface area contributed by atoms with Gasteiger partial charge < -0.3 is 19.9 Å². The summed E-state index contributed by atoms with van der Waals surface area (Å²) in [7, 11) is 1.76. The first-order valence-electron chi connectivity index (χ1n) is 11.5. The van der Waals surface area contributed by atoms with Crippen LogP contribution in [0.4, 0.5) is 4.39 Å². The first kappa shape index (κ1) is 26.6. The summed E-state index contributed by atoms with van der Waals surface area (Å²) in [6.45, 7) is 8.36. The fourth-order valence-corrected chi connectivity index (χ4v) is 4.17. The van der Waals surface area contributed by atoms with E-state index in [0.29, 0.717) is 19.7 Å². The molecule has 0 radical (unpaired) electrons. The largest absolute Gasteiger partial charge is 0.491 e. The van der Waals surface area contributed by atoms with Crippen molar-refractivity contribution < 1.29 is 13.9 Å². The molecule has 0 atom stereocenters. The van der Waals surface area contributed by atoms with E-state index in [1.807, 2.05) is 17.9 Å². The van der Waals surface area contributed by atoms with Crippen molar-refractivity contribution >= 4 is 35.8 Å². The Bertz CT molecular complexity index is 748. The second-order valence-electron chi connectivity index (χ2n) is 8.16. The van der Waals surface area contributed by atoms with Crippen molar-refractivity contribution in [3.63, 3.8) is 0 Å². The maximum Gasteiger partial charge on any atom is 0.236 e. The fourth-order valence-electron chi connectivity index (χ4n) is 4.17. The summed E-state index contributed by atoms with van der Waals surface area (Å²) in [5.74, 6) is 0.989. The Labute approximate surface area is 208 Å². The molecule has 0 bridgehead atoms. The van der Waals surface area contributed by atoms with Crippen molar-refractivity contribution in [3.05, 3.63) is 29.6 Å². The Morgan fingerprint density at radius 1 is 1.06 bits per heavy atom. The van der Waals surface area contributed by atoms with Crippen molar-refractivity contribution in [1.29, 1.82) is 0 Å². The molecule has 1 amide bonds. The molecule has 180 valence electrons. The lowest BCUT2D eigenvalue weighted by atomic mass is 10.2. The van der Waals surface area contributed by atoms with Crippen LogP contribution in [-0.4, -0.2) is 86.0 Å². The molecule has 1 aromatic carbocycles. The minimum atomic E-state index is -0.348. The first-order chi connectivity index (χ1) is 15.1. The van der Waals surface area contributed by atoms with E-state index >= 15 is 0 Å². The van der Waals surface area contributed by atoms with E-state index in [1.54, 1.807) is 13.1 Å². The Morgan fingerprint density at radius 3 is 2.34 bits per heavy atom. The Hall–Kier alpha value is -1.62. The highest BCUT2D eigenvalue weighted by molar-refractivity contribution is 14.0. The average molecular weight is 561 g/mol. The van der Waals surface area contributed by atoms with Gasteiger partial charge in [-0.25, -0.2) is 4.39 Å². The number of piperazine rings is 1. The van der Waals surface area contributed by atoms with E-state index < -0.39 is 0 Å². The van der Waals surface area contributed by atoms with Gasteiger partial charge in [-0.2, -0.15) is 0 Å². The number of benzene rings is 1. The van der Waals surface area contributed by atoms with Gasteiger partial charge in [0.05, 0.1) is 13.2 Å². The van der Waals surface area contributed by atoms with Crippen LogP contribution >= 0.6 is 24.0 Å². The van der Waals surface area contributed by atoms with Crippen molar-refractivity contribution in [2.45, 2.75) is 39.2 Å². The number of hydrogen-bond acceptors (Lipinski definition) is 4. The van der Waals surface area contributed by atoms with Gasteiger partial charge in [-0.05, 0) is 37.5 Å².